The van der Waals surface area contributed by atoms with Crippen molar-refractivity contribution in [1.82, 2.24) is 10.6 Å². The molecule has 0 radical (unpaired) electrons. The maximum Gasteiger partial charge on any atom is 0.277 e. The van der Waals surface area contributed by atoms with E-state index in [0.717, 1.165) is 60.7 Å². The highest BCUT2D eigenvalue weighted by molar-refractivity contribution is 7.85. The molecule has 0 aromatic heterocycles. The van der Waals surface area contributed by atoms with Crippen molar-refractivity contribution in [2.75, 3.05) is 19.3 Å². The SMILES string of the molecule is CS(=O)(=O)O.O=[N+]([O-])c1ccc(CNCCCCCCNCc2ccc([N+](=O)[O-])c3ccccc23)c2ccccc12. The summed E-state index contributed by atoms with van der Waals surface area (Å²) in [6, 6.07) is 21.8. The number of benzene rings is 4. The van der Waals surface area contributed by atoms with E-state index in [0.29, 0.717) is 30.1 Å². The van der Waals surface area contributed by atoms with Gasteiger partial charge in [0.15, 0.2) is 0 Å². The summed E-state index contributed by atoms with van der Waals surface area (Å²) in [5.41, 5.74) is 2.42. The van der Waals surface area contributed by atoms with Gasteiger partial charge in [-0.1, -0.05) is 61.4 Å². The third-order valence-electron chi connectivity index (χ3n) is 6.46. The zero-order valence-corrected chi connectivity index (χ0v) is 23.6. The van der Waals surface area contributed by atoms with Crippen molar-refractivity contribution in [3.8, 4) is 0 Å². The van der Waals surface area contributed by atoms with Crippen LogP contribution in [0.1, 0.15) is 36.8 Å². The number of nitro benzene ring substituents is 2. The summed E-state index contributed by atoms with van der Waals surface area (Å²) in [7, 11) is -3.67. The van der Waals surface area contributed by atoms with E-state index in [9.17, 15) is 28.6 Å². The number of nitro groups is 2. The third kappa shape index (κ3) is 9.87. The number of nitrogens with zero attached hydrogens (tertiary/aromatic N) is 2. The molecular formula is C29H34N4O7S. The van der Waals surface area contributed by atoms with Crippen LogP contribution in [0.3, 0.4) is 0 Å². The molecule has 4 aromatic carbocycles. The molecule has 12 heteroatoms. The first-order chi connectivity index (χ1) is 19.6. The quantitative estimate of drug-likeness (QED) is 0.0770. The fourth-order valence-electron chi connectivity index (χ4n) is 4.62. The molecule has 0 aliphatic rings. The third-order valence-corrected chi connectivity index (χ3v) is 6.46. The first-order valence-corrected chi connectivity index (χ1v) is 15.0. The molecule has 0 fully saturated rings. The van der Waals surface area contributed by atoms with Crippen LogP contribution in [0.4, 0.5) is 11.4 Å². The van der Waals surface area contributed by atoms with Crippen LogP contribution < -0.4 is 10.6 Å². The van der Waals surface area contributed by atoms with Crippen molar-refractivity contribution >= 4 is 43.0 Å². The molecule has 0 aliphatic heterocycles. The molecule has 41 heavy (non-hydrogen) atoms. The van der Waals surface area contributed by atoms with Crippen LogP contribution in [0.15, 0.2) is 72.8 Å². The molecule has 0 bridgehead atoms. The van der Waals surface area contributed by atoms with Gasteiger partial charge < -0.3 is 10.6 Å². The molecule has 0 spiro atoms. The zero-order valence-electron chi connectivity index (χ0n) is 22.8. The summed E-state index contributed by atoms with van der Waals surface area (Å²) >= 11 is 0. The van der Waals surface area contributed by atoms with E-state index < -0.39 is 10.1 Å². The minimum absolute atomic E-state index is 0.143. The zero-order chi connectivity index (χ0) is 29.8. The molecule has 0 saturated carbocycles. The van der Waals surface area contributed by atoms with Crippen LogP contribution in [0.25, 0.3) is 21.5 Å². The van der Waals surface area contributed by atoms with Crippen LogP contribution >= 0.6 is 0 Å². The summed E-state index contributed by atoms with van der Waals surface area (Å²) in [5.74, 6) is 0. The maximum absolute atomic E-state index is 11.3. The van der Waals surface area contributed by atoms with Gasteiger partial charge in [-0.15, -0.1) is 0 Å². The van der Waals surface area contributed by atoms with Gasteiger partial charge in [-0.3, -0.25) is 24.8 Å². The predicted molar refractivity (Wildman–Crippen MR) is 161 cm³/mol. The van der Waals surface area contributed by atoms with Gasteiger partial charge in [-0.05, 0) is 60.0 Å². The molecule has 11 nitrogen and oxygen atoms in total. The Hall–Kier alpha value is -3.97. The van der Waals surface area contributed by atoms with Crippen molar-refractivity contribution in [2.45, 2.75) is 38.8 Å². The summed E-state index contributed by atoms with van der Waals surface area (Å²) in [6.07, 6.45) is 5.09. The van der Waals surface area contributed by atoms with Gasteiger partial charge in [-0.25, -0.2) is 0 Å². The van der Waals surface area contributed by atoms with Gasteiger partial charge in [0.25, 0.3) is 21.5 Å². The van der Waals surface area contributed by atoms with Crippen molar-refractivity contribution in [3.63, 3.8) is 0 Å². The molecule has 0 atom stereocenters. The average Bonchev–Trinajstić information content (AvgIpc) is 2.92. The molecule has 0 unspecified atom stereocenters. The Morgan fingerprint density at radius 1 is 0.634 bits per heavy atom. The van der Waals surface area contributed by atoms with E-state index in [2.05, 4.69) is 10.6 Å². The summed E-state index contributed by atoms with van der Waals surface area (Å²) in [4.78, 5) is 21.9. The van der Waals surface area contributed by atoms with Crippen molar-refractivity contribution in [3.05, 3.63) is 104 Å². The Kier molecular flexibility index (Phi) is 11.7. The highest BCUT2D eigenvalue weighted by Crippen LogP contribution is 2.29. The minimum Gasteiger partial charge on any atom is -0.313 e. The second kappa shape index (κ2) is 15.1. The molecule has 4 rings (SSSR count). The summed E-state index contributed by atoms with van der Waals surface area (Å²) in [5, 5.41) is 32.7. The Morgan fingerprint density at radius 3 is 1.32 bits per heavy atom. The van der Waals surface area contributed by atoms with Crippen LogP contribution in [-0.4, -0.2) is 42.2 Å². The monoisotopic (exact) mass is 582 g/mol. The van der Waals surface area contributed by atoms with Gasteiger partial charge in [-0.2, -0.15) is 8.42 Å². The lowest BCUT2D eigenvalue weighted by atomic mass is 10.0. The van der Waals surface area contributed by atoms with E-state index in [1.54, 1.807) is 24.3 Å². The minimum atomic E-state index is -3.67. The molecule has 4 aromatic rings. The van der Waals surface area contributed by atoms with Gasteiger partial charge in [0.1, 0.15) is 0 Å². The Morgan fingerprint density at radius 2 is 0.976 bits per heavy atom. The number of hydrogen-bond acceptors (Lipinski definition) is 8. The summed E-state index contributed by atoms with van der Waals surface area (Å²) in [6.45, 7) is 3.16. The number of fused-ring (bicyclic) bond motifs is 2. The average molecular weight is 583 g/mol. The van der Waals surface area contributed by atoms with Gasteiger partial charge >= 0.3 is 0 Å². The second-order valence-electron chi connectivity index (χ2n) is 9.59. The molecule has 3 N–H and O–H groups in total. The second-order valence-corrected chi connectivity index (χ2v) is 11.1. The molecule has 218 valence electrons. The van der Waals surface area contributed by atoms with Crippen molar-refractivity contribution < 1.29 is 22.8 Å². The van der Waals surface area contributed by atoms with E-state index in [1.165, 1.54) is 0 Å². The van der Waals surface area contributed by atoms with Gasteiger partial charge in [0, 0.05) is 25.2 Å². The summed E-state index contributed by atoms with van der Waals surface area (Å²) < 4.78 is 25.9. The Balaban J connectivity index is 0.000000850. The number of unbranched alkanes of at least 4 members (excludes halogenated alkanes) is 3. The highest BCUT2D eigenvalue weighted by Gasteiger charge is 2.14. The number of hydrogen-bond donors (Lipinski definition) is 3. The van der Waals surface area contributed by atoms with E-state index in [1.807, 2.05) is 48.5 Å². The largest absolute Gasteiger partial charge is 0.313 e. The van der Waals surface area contributed by atoms with Crippen LogP contribution in [0, 0.1) is 20.2 Å². The lowest BCUT2D eigenvalue weighted by Gasteiger charge is -2.10. The smallest absolute Gasteiger partial charge is 0.277 e. The standard InChI is InChI=1S/C28H30N4O4.CH4O3S/c33-31(34)27-15-13-21(23-9-3-5-11-25(23)27)19-29-17-7-1-2-8-18-30-20-22-14-16-28(32(35)36)26-12-6-4-10-24(22)26;1-5(2,3)4/h3-6,9-16,29-30H,1-2,7-8,17-20H2;1H3,(H,2,3,4). The van der Waals surface area contributed by atoms with Crippen molar-refractivity contribution in [1.29, 1.82) is 0 Å². The molecular weight excluding hydrogens is 548 g/mol. The molecule has 0 heterocycles. The predicted octanol–water partition coefficient (Wildman–Crippen LogP) is 5.75. The number of nitrogens with one attached hydrogen (secondary N) is 2. The van der Waals surface area contributed by atoms with Crippen molar-refractivity contribution in [2.24, 2.45) is 0 Å². The molecule has 0 amide bonds. The van der Waals surface area contributed by atoms with Gasteiger partial charge in [0.2, 0.25) is 0 Å². The van der Waals surface area contributed by atoms with Crippen LogP contribution in [-0.2, 0) is 23.2 Å². The van der Waals surface area contributed by atoms with E-state index in [-0.39, 0.29) is 21.2 Å². The first kappa shape index (κ1) is 31.6. The lowest BCUT2D eigenvalue weighted by molar-refractivity contribution is -0.383. The fourth-order valence-corrected chi connectivity index (χ4v) is 4.62. The Bertz CT molecular complexity index is 1500. The van der Waals surface area contributed by atoms with Crippen LogP contribution in [0.2, 0.25) is 0 Å². The topological polar surface area (TPSA) is 165 Å². The van der Waals surface area contributed by atoms with E-state index >= 15 is 0 Å². The fraction of sp³-hybridized carbons (Fsp3) is 0.310. The Labute approximate surface area is 238 Å². The maximum atomic E-state index is 11.3. The molecule has 0 saturated heterocycles. The van der Waals surface area contributed by atoms with Gasteiger partial charge in [0.05, 0.1) is 26.9 Å². The first-order valence-electron chi connectivity index (χ1n) is 13.2. The number of rotatable bonds is 13. The normalized spacial score (nSPS) is 11.3. The highest BCUT2D eigenvalue weighted by atomic mass is 32.2. The lowest BCUT2D eigenvalue weighted by Crippen LogP contribution is -2.16. The van der Waals surface area contributed by atoms with Crippen LogP contribution in [0.5, 0.6) is 0 Å². The number of non-ortho nitro benzene ring substituents is 2. The van der Waals surface area contributed by atoms with E-state index in [4.69, 9.17) is 4.55 Å². The molecule has 0 aliphatic carbocycles.